The third-order valence-corrected chi connectivity index (χ3v) is 9.79. The van der Waals surface area contributed by atoms with E-state index >= 15 is 0 Å². The molecule has 3 aliphatic rings. The number of ketones is 1. The van der Waals surface area contributed by atoms with E-state index in [1.54, 1.807) is 16.7 Å². The number of benzene rings is 2. The van der Waals surface area contributed by atoms with Crippen molar-refractivity contribution >= 4 is 45.6 Å². The molecule has 0 unspecified atom stereocenters. The van der Waals surface area contributed by atoms with Gasteiger partial charge < -0.3 is 11.1 Å². The van der Waals surface area contributed by atoms with Gasteiger partial charge in [-0.1, -0.05) is 84.5 Å². The van der Waals surface area contributed by atoms with Gasteiger partial charge in [0.05, 0.1) is 5.57 Å². The van der Waals surface area contributed by atoms with Gasteiger partial charge in [0.25, 0.3) is 0 Å². The van der Waals surface area contributed by atoms with Gasteiger partial charge in [0.2, 0.25) is 11.0 Å². The fourth-order valence-corrected chi connectivity index (χ4v) is 7.87. The molecule has 2 aromatic carbocycles. The molecule has 3 N–H and O–H groups in total. The maximum absolute atomic E-state index is 14.0. The molecule has 1 aliphatic carbocycles. The number of fused-ring (bicyclic) bond motifs is 3. The minimum absolute atomic E-state index is 0.0327. The third kappa shape index (κ3) is 3.95. The van der Waals surface area contributed by atoms with Crippen molar-refractivity contribution in [2.75, 3.05) is 10.2 Å². The quantitative estimate of drug-likeness (QED) is 0.396. The average molecular weight is 569 g/mol. The Morgan fingerprint density at radius 1 is 1.12 bits per heavy atom. The Labute approximate surface area is 241 Å². The van der Waals surface area contributed by atoms with Crippen LogP contribution in [0.2, 0.25) is 0 Å². The van der Waals surface area contributed by atoms with E-state index < -0.39 is 11.3 Å². The number of hydrogen-bond donors (Lipinski definition) is 2. The van der Waals surface area contributed by atoms with Crippen molar-refractivity contribution in [1.82, 2.24) is 10.2 Å². The van der Waals surface area contributed by atoms with Crippen LogP contribution in [0.15, 0.2) is 69.5 Å². The summed E-state index contributed by atoms with van der Waals surface area (Å²) >= 11 is 2.92. The van der Waals surface area contributed by atoms with E-state index in [2.05, 4.69) is 46.7 Å². The Morgan fingerprint density at radius 2 is 1.90 bits per heavy atom. The first-order chi connectivity index (χ1) is 19.0. The van der Waals surface area contributed by atoms with Crippen LogP contribution in [0.4, 0.5) is 10.8 Å². The summed E-state index contributed by atoms with van der Waals surface area (Å²) < 4.78 is 0.742. The molecule has 40 heavy (non-hydrogen) atoms. The number of aromatic nitrogens is 2. The molecule has 0 saturated heterocycles. The van der Waals surface area contributed by atoms with Gasteiger partial charge in [-0.05, 0) is 37.3 Å². The standard InChI is InChI=1S/C30H28N6O2S2/c1-16-6-5-7-18(10-16)15-39-28-35-34-27(40-28)36-22-12-29(3,4)13-23(37)24(22)30(20(14-31)25(36)32)19-11-17(2)8-9-21(19)33-26(30)38/h5-11H,12-13,15,32H2,1-4H3,(H,33,38)/t30-/m1/s1. The lowest BCUT2D eigenvalue weighted by Crippen LogP contribution is -2.52. The molecule has 1 aromatic heterocycles. The highest BCUT2D eigenvalue weighted by atomic mass is 32.2. The van der Waals surface area contributed by atoms with Gasteiger partial charge >= 0.3 is 0 Å². The summed E-state index contributed by atoms with van der Waals surface area (Å²) in [7, 11) is 0. The Bertz CT molecular complexity index is 1710. The van der Waals surface area contributed by atoms with E-state index in [0.29, 0.717) is 34.1 Å². The number of thioether (sulfide) groups is 1. The minimum Gasteiger partial charge on any atom is -0.384 e. The summed E-state index contributed by atoms with van der Waals surface area (Å²) in [6.45, 7) is 8.03. The molecular weight excluding hydrogens is 541 g/mol. The number of hydrogen-bond acceptors (Lipinski definition) is 9. The van der Waals surface area contributed by atoms with Crippen LogP contribution in [-0.2, 0) is 20.8 Å². The number of nitrogens with two attached hydrogens (primary N) is 1. The Morgan fingerprint density at radius 3 is 2.65 bits per heavy atom. The summed E-state index contributed by atoms with van der Waals surface area (Å²) in [6.07, 6.45) is 0.733. The lowest BCUT2D eigenvalue weighted by Gasteiger charge is -2.45. The first-order valence-electron chi connectivity index (χ1n) is 13.0. The predicted molar refractivity (Wildman–Crippen MR) is 156 cm³/mol. The molecule has 1 atom stereocenters. The summed E-state index contributed by atoms with van der Waals surface area (Å²) in [4.78, 5) is 29.6. The van der Waals surface area contributed by atoms with E-state index in [4.69, 9.17) is 5.73 Å². The molecule has 1 spiro atoms. The van der Waals surface area contributed by atoms with E-state index in [9.17, 15) is 14.9 Å². The van der Waals surface area contributed by atoms with Crippen LogP contribution < -0.4 is 16.0 Å². The van der Waals surface area contributed by atoms with E-state index in [0.717, 1.165) is 15.7 Å². The number of nitrogens with zero attached hydrogens (tertiary/aromatic N) is 4. The zero-order valence-electron chi connectivity index (χ0n) is 22.7. The Kier molecular flexibility index (Phi) is 6.13. The van der Waals surface area contributed by atoms with Gasteiger partial charge in [-0.3, -0.25) is 14.5 Å². The number of anilines is 2. The van der Waals surface area contributed by atoms with Gasteiger partial charge in [0.15, 0.2) is 10.1 Å². The van der Waals surface area contributed by atoms with Crippen molar-refractivity contribution in [3.63, 3.8) is 0 Å². The number of nitriles is 1. The molecule has 3 heterocycles. The highest BCUT2D eigenvalue weighted by molar-refractivity contribution is 8.00. The zero-order valence-corrected chi connectivity index (χ0v) is 24.3. The van der Waals surface area contributed by atoms with Crippen molar-refractivity contribution in [2.45, 2.75) is 56.0 Å². The van der Waals surface area contributed by atoms with Crippen LogP contribution in [0.5, 0.6) is 0 Å². The van der Waals surface area contributed by atoms with Gasteiger partial charge in [0.1, 0.15) is 17.3 Å². The molecule has 3 aromatic rings. The van der Waals surface area contributed by atoms with E-state index in [-0.39, 0.29) is 29.0 Å². The molecule has 10 heteroatoms. The Hall–Kier alpha value is -3.94. The number of Topliss-reactive ketones (excluding diaryl/α,β-unsaturated/α-hetero) is 1. The van der Waals surface area contributed by atoms with Crippen molar-refractivity contribution in [3.8, 4) is 6.07 Å². The van der Waals surface area contributed by atoms with Crippen molar-refractivity contribution < 1.29 is 9.59 Å². The van der Waals surface area contributed by atoms with Gasteiger partial charge in [0, 0.05) is 34.7 Å². The van der Waals surface area contributed by atoms with Crippen LogP contribution in [-0.4, -0.2) is 21.9 Å². The highest BCUT2D eigenvalue weighted by Crippen LogP contribution is 2.57. The van der Waals surface area contributed by atoms with Crippen LogP contribution in [0, 0.1) is 30.6 Å². The number of amides is 1. The number of carbonyl (C=O) groups is 2. The number of aryl methyl sites for hydroxylation is 2. The number of nitrogens with one attached hydrogen (secondary N) is 1. The highest BCUT2D eigenvalue weighted by Gasteiger charge is 2.61. The summed E-state index contributed by atoms with van der Waals surface area (Å²) in [5.41, 5.74) is 10.2. The summed E-state index contributed by atoms with van der Waals surface area (Å²) in [6, 6.07) is 16.1. The molecule has 0 radical (unpaired) electrons. The molecule has 8 nitrogen and oxygen atoms in total. The van der Waals surface area contributed by atoms with Gasteiger partial charge in [-0.2, -0.15) is 5.26 Å². The Balaban J connectivity index is 1.50. The lowest BCUT2D eigenvalue weighted by atomic mass is 9.61. The van der Waals surface area contributed by atoms with Gasteiger partial charge in [-0.25, -0.2) is 0 Å². The first kappa shape index (κ1) is 26.3. The molecule has 0 fully saturated rings. The second-order valence-electron chi connectivity index (χ2n) is 11.4. The molecule has 1 amide bonds. The summed E-state index contributed by atoms with van der Waals surface area (Å²) in [5.74, 6) is 0.228. The average Bonchev–Trinajstić information content (AvgIpc) is 3.45. The molecule has 0 bridgehead atoms. The smallest absolute Gasteiger partial charge is 0.245 e. The summed E-state index contributed by atoms with van der Waals surface area (Å²) in [5, 5.41) is 22.8. The first-order valence-corrected chi connectivity index (χ1v) is 14.8. The molecule has 0 saturated carbocycles. The van der Waals surface area contributed by atoms with Crippen molar-refractivity contribution in [3.05, 3.63) is 87.4 Å². The van der Waals surface area contributed by atoms with Gasteiger partial charge in [-0.15, -0.1) is 10.2 Å². The molecule has 2 aliphatic heterocycles. The molecule has 202 valence electrons. The predicted octanol–water partition coefficient (Wildman–Crippen LogP) is 5.49. The van der Waals surface area contributed by atoms with Crippen molar-refractivity contribution in [1.29, 1.82) is 5.26 Å². The fraction of sp³-hybridized carbons (Fsp3) is 0.300. The van der Waals surface area contributed by atoms with Crippen LogP contribution in [0.3, 0.4) is 0 Å². The number of carbonyl (C=O) groups excluding carboxylic acids is 2. The molecular formula is C30H28N6O2S2. The topological polar surface area (TPSA) is 125 Å². The number of rotatable bonds is 4. The van der Waals surface area contributed by atoms with Crippen LogP contribution in [0.25, 0.3) is 0 Å². The largest absolute Gasteiger partial charge is 0.384 e. The lowest BCUT2D eigenvalue weighted by molar-refractivity contribution is -0.123. The van der Waals surface area contributed by atoms with Crippen LogP contribution in [0.1, 0.15) is 48.9 Å². The second kappa shape index (κ2) is 9.32. The maximum Gasteiger partial charge on any atom is 0.245 e. The number of allylic oxidation sites excluding steroid dienone is 1. The monoisotopic (exact) mass is 568 g/mol. The van der Waals surface area contributed by atoms with Crippen molar-refractivity contribution in [2.24, 2.45) is 11.1 Å². The third-order valence-electron chi connectivity index (χ3n) is 7.68. The van der Waals surface area contributed by atoms with Crippen LogP contribution >= 0.6 is 23.1 Å². The normalized spacial score (nSPS) is 21.4. The zero-order chi connectivity index (χ0) is 28.4. The van der Waals surface area contributed by atoms with E-state index in [1.165, 1.54) is 22.5 Å². The van der Waals surface area contributed by atoms with E-state index in [1.807, 2.05) is 45.0 Å². The second-order valence-corrected chi connectivity index (χ2v) is 13.5. The maximum atomic E-state index is 14.0. The SMILES string of the molecule is Cc1cccc(CSc2nnc(N3C(N)=C(C#N)[C@@]4(C(=O)Nc5ccc(C)cc54)C4=C3CC(C)(C)CC4=O)s2)c1. The minimum atomic E-state index is -1.60. The fourth-order valence-electron chi connectivity index (χ4n) is 6.05. The molecule has 6 rings (SSSR count).